The first-order chi connectivity index (χ1) is 13.6. The number of hydrogen-bond donors (Lipinski definition) is 1. The van der Waals surface area contributed by atoms with Gasteiger partial charge >= 0.3 is 0 Å². The van der Waals surface area contributed by atoms with Crippen LogP contribution in [-0.2, 0) is 0 Å². The van der Waals surface area contributed by atoms with Crippen LogP contribution in [-0.4, -0.2) is 14.4 Å². The zero-order chi connectivity index (χ0) is 20.7. The fourth-order valence-corrected chi connectivity index (χ4v) is 2.85. The number of hydrogen-bond acceptors (Lipinski definition) is 3. The number of nitrogen functional groups attached to an aromatic ring is 1. The van der Waals surface area contributed by atoms with Crippen LogP contribution in [0.25, 0.3) is 28.0 Å². The van der Waals surface area contributed by atoms with Crippen molar-refractivity contribution in [2.24, 2.45) is 0 Å². The maximum Gasteiger partial charge on any atom is 0.137 e. The number of rotatable bonds is 2. The van der Waals surface area contributed by atoms with Gasteiger partial charge in [-0.25, -0.2) is 14.4 Å². The minimum atomic E-state index is -0.243. The van der Waals surface area contributed by atoms with Crippen molar-refractivity contribution in [3.63, 3.8) is 0 Å². The molecular formula is C23H27FN4. The van der Waals surface area contributed by atoms with Crippen LogP contribution < -0.4 is 5.73 Å². The second-order valence-corrected chi connectivity index (χ2v) is 5.63. The van der Waals surface area contributed by atoms with Crippen LogP contribution >= 0.6 is 0 Å². The number of benzene rings is 1. The highest BCUT2D eigenvalue weighted by molar-refractivity contribution is 5.75. The topological polar surface area (TPSA) is 56.2 Å². The molecule has 4 nitrogen and oxygen atoms in total. The standard InChI is InChI=1S/C19H15FN4.2C2H6/c1-12-18(16-3-2-10-22-19(16)21)23-17-9-6-14(11-24(12)17)13-4-7-15(20)8-5-13;2*1-2/h2-11H,1H3,(H2,21,22);2*1-2H3. The Morgan fingerprint density at radius 1 is 0.893 bits per heavy atom. The first-order valence-corrected chi connectivity index (χ1v) is 9.59. The maximum atomic E-state index is 13.1. The van der Waals surface area contributed by atoms with Crippen molar-refractivity contribution in [3.8, 4) is 22.4 Å². The molecule has 4 rings (SSSR count). The molecule has 5 heteroatoms. The van der Waals surface area contributed by atoms with Gasteiger partial charge in [0.05, 0.1) is 5.69 Å². The molecule has 2 N–H and O–H groups in total. The predicted octanol–water partition coefficient (Wildman–Crippen LogP) is 6.15. The zero-order valence-corrected chi connectivity index (χ0v) is 17.1. The molecule has 3 aromatic heterocycles. The Labute approximate surface area is 165 Å². The third-order valence-corrected chi connectivity index (χ3v) is 4.13. The van der Waals surface area contributed by atoms with Crippen LogP contribution in [0.1, 0.15) is 33.4 Å². The molecule has 0 spiro atoms. The molecule has 0 saturated carbocycles. The molecule has 0 fully saturated rings. The summed E-state index contributed by atoms with van der Waals surface area (Å²) in [7, 11) is 0. The van der Waals surface area contributed by atoms with E-state index < -0.39 is 0 Å². The lowest BCUT2D eigenvalue weighted by atomic mass is 10.1. The summed E-state index contributed by atoms with van der Waals surface area (Å²) in [5, 5.41) is 0. The van der Waals surface area contributed by atoms with Gasteiger partial charge in [-0.3, -0.25) is 0 Å². The maximum absolute atomic E-state index is 13.1. The van der Waals surface area contributed by atoms with Crippen molar-refractivity contribution in [2.75, 3.05) is 5.73 Å². The van der Waals surface area contributed by atoms with Crippen molar-refractivity contribution < 1.29 is 4.39 Å². The van der Waals surface area contributed by atoms with Crippen molar-refractivity contribution in [3.05, 3.63) is 72.4 Å². The highest BCUT2D eigenvalue weighted by Gasteiger charge is 2.13. The molecule has 4 aromatic rings. The quantitative estimate of drug-likeness (QED) is 0.455. The minimum Gasteiger partial charge on any atom is -0.383 e. The van der Waals surface area contributed by atoms with E-state index in [4.69, 9.17) is 5.73 Å². The van der Waals surface area contributed by atoms with Crippen molar-refractivity contribution in [2.45, 2.75) is 34.6 Å². The number of anilines is 1. The third kappa shape index (κ3) is 4.19. The molecule has 0 radical (unpaired) electrons. The fourth-order valence-electron chi connectivity index (χ4n) is 2.85. The number of nitrogens with two attached hydrogens (primary N) is 1. The Kier molecular flexibility index (Phi) is 7.27. The van der Waals surface area contributed by atoms with E-state index in [1.165, 1.54) is 12.1 Å². The highest BCUT2D eigenvalue weighted by Crippen LogP contribution is 2.29. The highest BCUT2D eigenvalue weighted by atomic mass is 19.1. The van der Waals surface area contributed by atoms with Gasteiger partial charge in [0.2, 0.25) is 0 Å². The normalized spacial score (nSPS) is 9.93. The largest absolute Gasteiger partial charge is 0.383 e. The molecule has 0 aliphatic carbocycles. The smallest absolute Gasteiger partial charge is 0.137 e. The van der Waals surface area contributed by atoms with Gasteiger partial charge in [0.25, 0.3) is 0 Å². The third-order valence-electron chi connectivity index (χ3n) is 4.13. The molecule has 0 aliphatic rings. The number of pyridine rings is 2. The molecule has 0 saturated heterocycles. The SMILES string of the molecule is CC.CC.Cc1c(-c2cccnc2N)nc2ccc(-c3ccc(F)cc3)cn12. The molecule has 3 heterocycles. The number of fused-ring (bicyclic) bond motifs is 1. The van der Waals surface area contributed by atoms with E-state index >= 15 is 0 Å². The molecule has 28 heavy (non-hydrogen) atoms. The van der Waals surface area contributed by atoms with Gasteiger partial charge in [0.1, 0.15) is 17.3 Å². The van der Waals surface area contributed by atoms with Crippen LogP contribution in [0.2, 0.25) is 0 Å². The molecule has 146 valence electrons. The van der Waals surface area contributed by atoms with Crippen molar-refractivity contribution in [1.29, 1.82) is 0 Å². The monoisotopic (exact) mass is 378 g/mol. The summed E-state index contributed by atoms with van der Waals surface area (Å²) in [6.07, 6.45) is 3.66. The van der Waals surface area contributed by atoms with Crippen LogP contribution in [0.4, 0.5) is 10.2 Å². The van der Waals surface area contributed by atoms with Gasteiger partial charge in [0, 0.05) is 23.7 Å². The van der Waals surface area contributed by atoms with Gasteiger partial charge in [-0.15, -0.1) is 0 Å². The summed E-state index contributed by atoms with van der Waals surface area (Å²) in [4.78, 5) is 8.81. The number of imidazole rings is 1. The minimum absolute atomic E-state index is 0.243. The lowest BCUT2D eigenvalue weighted by Gasteiger charge is -2.05. The van der Waals surface area contributed by atoms with E-state index in [0.717, 1.165) is 33.7 Å². The Morgan fingerprint density at radius 3 is 2.18 bits per heavy atom. The summed E-state index contributed by atoms with van der Waals surface area (Å²) < 4.78 is 15.1. The molecule has 0 bridgehead atoms. The summed E-state index contributed by atoms with van der Waals surface area (Å²) in [6.45, 7) is 10.00. The molecule has 1 aromatic carbocycles. The summed E-state index contributed by atoms with van der Waals surface area (Å²) in [5.41, 5.74) is 11.4. The Balaban J connectivity index is 0.000000660. The first kappa shape index (κ1) is 21.1. The van der Waals surface area contributed by atoms with Gasteiger partial charge in [-0.2, -0.15) is 0 Å². The van der Waals surface area contributed by atoms with Gasteiger partial charge in [0.15, 0.2) is 0 Å². The zero-order valence-electron chi connectivity index (χ0n) is 17.1. The summed E-state index contributed by atoms with van der Waals surface area (Å²) in [5.74, 6) is 0.218. The summed E-state index contributed by atoms with van der Waals surface area (Å²) >= 11 is 0. The number of aromatic nitrogens is 3. The number of aryl methyl sites for hydroxylation is 1. The first-order valence-electron chi connectivity index (χ1n) is 9.59. The van der Waals surface area contributed by atoms with Crippen LogP contribution in [0.5, 0.6) is 0 Å². The van der Waals surface area contributed by atoms with E-state index in [9.17, 15) is 4.39 Å². The second kappa shape index (κ2) is 9.65. The van der Waals surface area contributed by atoms with Gasteiger partial charge in [-0.1, -0.05) is 39.8 Å². The lowest BCUT2D eigenvalue weighted by Crippen LogP contribution is -1.94. The van der Waals surface area contributed by atoms with Crippen molar-refractivity contribution >= 4 is 11.5 Å². The van der Waals surface area contributed by atoms with Crippen LogP contribution in [0.3, 0.4) is 0 Å². The number of nitrogens with zero attached hydrogens (tertiary/aromatic N) is 3. The Hall–Kier alpha value is -3.21. The summed E-state index contributed by atoms with van der Waals surface area (Å²) in [6, 6.07) is 14.1. The molecule has 0 aliphatic heterocycles. The van der Waals surface area contributed by atoms with Crippen molar-refractivity contribution in [1.82, 2.24) is 14.4 Å². The molecule has 0 atom stereocenters. The van der Waals surface area contributed by atoms with Crippen LogP contribution in [0.15, 0.2) is 60.9 Å². The van der Waals surface area contributed by atoms with E-state index in [2.05, 4.69) is 9.97 Å². The van der Waals surface area contributed by atoms with E-state index in [-0.39, 0.29) is 5.82 Å². The molecule has 0 unspecified atom stereocenters. The van der Waals surface area contributed by atoms with Gasteiger partial charge < -0.3 is 10.1 Å². The molecule has 0 amide bonds. The molecular weight excluding hydrogens is 351 g/mol. The van der Waals surface area contributed by atoms with E-state index in [1.54, 1.807) is 18.3 Å². The lowest BCUT2D eigenvalue weighted by molar-refractivity contribution is 0.628. The fraction of sp³-hybridized carbons (Fsp3) is 0.217. The van der Waals surface area contributed by atoms with E-state index in [1.807, 2.05) is 69.5 Å². The van der Waals surface area contributed by atoms with Gasteiger partial charge in [-0.05, 0) is 54.4 Å². The van der Waals surface area contributed by atoms with Crippen LogP contribution in [0, 0.1) is 12.7 Å². The Morgan fingerprint density at radius 2 is 1.54 bits per heavy atom. The van der Waals surface area contributed by atoms with E-state index in [0.29, 0.717) is 5.82 Å². The number of halogens is 1. The average molecular weight is 378 g/mol. The predicted molar refractivity (Wildman–Crippen MR) is 116 cm³/mol. The Bertz CT molecular complexity index is 1040. The second-order valence-electron chi connectivity index (χ2n) is 5.63. The average Bonchev–Trinajstić information content (AvgIpc) is 3.08.